The molecule has 0 aliphatic heterocycles. The first-order valence-electron chi connectivity index (χ1n) is 6.06. The number of aryl methyl sites for hydroxylation is 3. The second kappa shape index (κ2) is 5.50. The molecule has 0 unspecified atom stereocenters. The Kier molecular flexibility index (Phi) is 3.78. The minimum atomic E-state index is 1.26. The summed E-state index contributed by atoms with van der Waals surface area (Å²) in [5.41, 5.74) is 3.88. The van der Waals surface area contributed by atoms with E-state index in [9.17, 15) is 0 Å². The van der Waals surface area contributed by atoms with Crippen LogP contribution in [0, 0.1) is 13.8 Å². The topological polar surface area (TPSA) is 17.8 Å². The van der Waals surface area contributed by atoms with Crippen molar-refractivity contribution in [2.24, 2.45) is 7.05 Å². The molecule has 0 atom stereocenters. The highest BCUT2D eigenvalue weighted by Crippen LogP contribution is 2.16. The van der Waals surface area contributed by atoms with E-state index >= 15 is 0 Å². The lowest BCUT2D eigenvalue weighted by Gasteiger charge is -1.96. The van der Waals surface area contributed by atoms with Gasteiger partial charge < -0.3 is 4.57 Å². The van der Waals surface area contributed by atoms with Crippen LogP contribution in [0.1, 0.15) is 11.3 Å². The molecule has 0 aliphatic rings. The third kappa shape index (κ3) is 2.77. The summed E-state index contributed by atoms with van der Waals surface area (Å²) >= 11 is 0. The normalized spacial score (nSPS) is 9.94. The first-order valence-corrected chi connectivity index (χ1v) is 6.06. The molecule has 18 heavy (non-hydrogen) atoms. The van der Waals surface area contributed by atoms with E-state index in [0.29, 0.717) is 0 Å². The van der Waals surface area contributed by atoms with E-state index in [2.05, 4.69) is 53.9 Å². The molecular formula is C16H18N2. The maximum absolute atomic E-state index is 3.85. The second-order valence-corrected chi connectivity index (χ2v) is 4.43. The molecule has 0 amide bonds. The largest absolute Gasteiger partial charge is 0.348 e. The highest BCUT2D eigenvalue weighted by atomic mass is 14.9. The van der Waals surface area contributed by atoms with Crippen LogP contribution in [0.4, 0.5) is 0 Å². The summed E-state index contributed by atoms with van der Waals surface area (Å²) in [5.74, 6) is 0. The Morgan fingerprint density at radius 2 is 1.61 bits per heavy atom. The van der Waals surface area contributed by atoms with E-state index in [4.69, 9.17) is 0 Å². The molecule has 2 nitrogen and oxygen atoms in total. The van der Waals surface area contributed by atoms with Crippen LogP contribution in [0.25, 0.3) is 10.9 Å². The number of hydrogen-bond donors (Lipinski definition) is 0. The Balaban J connectivity index is 0.000000149. The van der Waals surface area contributed by atoms with Crippen LogP contribution in [0.2, 0.25) is 0 Å². The quantitative estimate of drug-likeness (QED) is 0.581. The first kappa shape index (κ1) is 12.4. The number of fused-ring (bicyclic) bond motifs is 1. The molecule has 0 bridgehead atoms. The minimum Gasteiger partial charge on any atom is -0.348 e. The molecule has 0 aliphatic carbocycles. The zero-order chi connectivity index (χ0) is 13.0. The van der Waals surface area contributed by atoms with E-state index in [1.54, 1.807) is 12.4 Å². The van der Waals surface area contributed by atoms with Crippen molar-refractivity contribution in [2.75, 3.05) is 0 Å². The SMILES string of the molecule is Cc1cc2ccccc2n1C.Cc1ccncc1. The molecule has 1 aromatic carbocycles. The van der Waals surface area contributed by atoms with Gasteiger partial charge in [0, 0.05) is 30.7 Å². The Morgan fingerprint density at radius 3 is 2.17 bits per heavy atom. The zero-order valence-corrected chi connectivity index (χ0v) is 11.1. The van der Waals surface area contributed by atoms with Crippen LogP contribution in [-0.4, -0.2) is 9.55 Å². The average Bonchev–Trinajstić information content (AvgIpc) is 2.68. The molecule has 2 aromatic heterocycles. The Bertz CT molecular complexity index is 624. The monoisotopic (exact) mass is 238 g/mol. The van der Waals surface area contributed by atoms with Gasteiger partial charge in [0.05, 0.1) is 0 Å². The fraction of sp³-hybridized carbons (Fsp3) is 0.188. The maximum Gasteiger partial charge on any atom is 0.0479 e. The molecule has 92 valence electrons. The van der Waals surface area contributed by atoms with Crippen LogP contribution in [0.15, 0.2) is 54.9 Å². The van der Waals surface area contributed by atoms with Gasteiger partial charge in [0.2, 0.25) is 0 Å². The Morgan fingerprint density at radius 1 is 0.944 bits per heavy atom. The molecule has 3 aromatic rings. The molecule has 0 fully saturated rings. The van der Waals surface area contributed by atoms with E-state index in [1.807, 2.05) is 19.1 Å². The third-order valence-electron chi connectivity index (χ3n) is 3.04. The van der Waals surface area contributed by atoms with Crippen LogP contribution in [-0.2, 0) is 7.05 Å². The van der Waals surface area contributed by atoms with Gasteiger partial charge >= 0.3 is 0 Å². The zero-order valence-electron chi connectivity index (χ0n) is 11.1. The standard InChI is InChI=1S/C10H11N.C6H7N/c1-8-7-9-5-3-4-6-10(9)11(8)2;1-6-2-4-7-5-3-6/h3-7H,1-2H3;2-5H,1H3. The Hall–Kier alpha value is -2.09. The van der Waals surface area contributed by atoms with Crippen molar-refractivity contribution in [1.82, 2.24) is 9.55 Å². The Labute approximate surface area is 108 Å². The second-order valence-electron chi connectivity index (χ2n) is 4.43. The van der Waals surface area contributed by atoms with Crippen LogP contribution < -0.4 is 0 Å². The van der Waals surface area contributed by atoms with E-state index in [0.717, 1.165) is 0 Å². The number of rotatable bonds is 0. The van der Waals surface area contributed by atoms with Crippen molar-refractivity contribution in [2.45, 2.75) is 13.8 Å². The number of pyridine rings is 1. The van der Waals surface area contributed by atoms with Gasteiger partial charge in [0.15, 0.2) is 0 Å². The van der Waals surface area contributed by atoms with E-state index in [1.165, 1.54) is 22.2 Å². The highest BCUT2D eigenvalue weighted by molar-refractivity contribution is 5.80. The fourth-order valence-corrected chi connectivity index (χ4v) is 1.85. The van der Waals surface area contributed by atoms with E-state index in [-0.39, 0.29) is 0 Å². The summed E-state index contributed by atoms with van der Waals surface area (Å²) in [4.78, 5) is 3.85. The molecule has 0 saturated carbocycles. The van der Waals surface area contributed by atoms with Crippen molar-refractivity contribution in [3.63, 3.8) is 0 Å². The third-order valence-corrected chi connectivity index (χ3v) is 3.04. The van der Waals surface area contributed by atoms with Crippen molar-refractivity contribution in [3.05, 3.63) is 66.1 Å². The number of aromatic nitrogens is 2. The summed E-state index contributed by atoms with van der Waals surface area (Å²) in [5, 5.41) is 1.33. The van der Waals surface area contributed by atoms with Crippen molar-refractivity contribution in [1.29, 1.82) is 0 Å². The summed E-state index contributed by atoms with van der Waals surface area (Å²) < 4.78 is 2.20. The minimum absolute atomic E-state index is 1.26. The fourth-order valence-electron chi connectivity index (χ4n) is 1.85. The number of benzene rings is 1. The van der Waals surface area contributed by atoms with Gasteiger partial charge in [-0.05, 0) is 49.1 Å². The number of para-hydroxylation sites is 1. The van der Waals surface area contributed by atoms with Crippen LogP contribution >= 0.6 is 0 Å². The van der Waals surface area contributed by atoms with Crippen LogP contribution in [0.3, 0.4) is 0 Å². The van der Waals surface area contributed by atoms with Crippen molar-refractivity contribution >= 4 is 10.9 Å². The van der Waals surface area contributed by atoms with Gasteiger partial charge in [-0.2, -0.15) is 0 Å². The first-order chi connectivity index (χ1) is 8.68. The molecule has 2 heterocycles. The maximum atomic E-state index is 3.85. The summed E-state index contributed by atoms with van der Waals surface area (Å²) in [7, 11) is 2.09. The lowest BCUT2D eigenvalue weighted by atomic mass is 10.2. The summed E-state index contributed by atoms with van der Waals surface area (Å²) in [6.45, 7) is 4.17. The van der Waals surface area contributed by atoms with Gasteiger partial charge in [0.25, 0.3) is 0 Å². The highest BCUT2D eigenvalue weighted by Gasteiger charge is 1.98. The number of hydrogen-bond acceptors (Lipinski definition) is 1. The smallest absolute Gasteiger partial charge is 0.0479 e. The lowest BCUT2D eigenvalue weighted by molar-refractivity contribution is 0.918. The summed E-state index contributed by atoms with van der Waals surface area (Å²) in [6, 6.07) is 14.6. The molecule has 0 saturated heterocycles. The van der Waals surface area contributed by atoms with Crippen LogP contribution in [0.5, 0.6) is 0 Å². The predicted octanol–water partition coefficient (Wildman–Crippen LogP) is 3.88. The molecule has 0 spiro atoms. The molecular weight excluding hydrogens is 220 g/mol. The van der Waals surface area contributed by atoms with Gasteiger partial charge in [-0.1, -0.05) is 18.2 Å². The lowest BCUT2D eigenvalue weighted by Crippen LogP contribution is -1.88. The number of nitrogens with zero attached hydrogens (tertiary/aromatic N) is 2. The molecule has 3 rings (SSSR count). The van der Waals surface area contributed by atoms with E-state index < -0.39 is 0 Å². The predicted molar refractivity (Wildman–Crippen MR) is 76.6 cm³/mol. The average molecular weight is 238 g/mol. The van der Waals surface area contributed by atoms with Gasteiger partial charge in [-0.3, -0.25) is 4.98 Å². The van der Waals surface area contributed by atoms with Gasteiger partial charge in [-0.15, -0.1) is 0 Å². The van der Waals surface area contributed by atoms with Gasteiger partial charge in [0.1, 0.15) is 0 Å². The van der Waals surface area contributed by atoms with Crippen molar-refractivity contribution in [3.8, 4) is 0 Å². The molecule has 0 radical (unpaired) electrons. The van der Waals surface area contributed by atoms with Crippen molar-refractivity contribution < 1.29 is 0 Å². The molecule has 0 N–H and O–H groups in total. The molecule has 2 heteroatoms. The van der Waals surface area contributed by atoms with Gasteiger partial charge in [-0.25, -0.2) is 0 Å². The summed E-state index contributed by atoms with van der Waals surface area (Å²) in [6.07, 6.45) is 3.57.